The number of rotatable bonds is 9. The Morgan fingerprint density at radius 3 is 2.42 bits per heavy atom. The Morgan fingerprint density at radius 1 is 1.17 bits per heavy atom. The molecule has 0 saturated heterocycles. The molecule has 0 spiro atoms. The maximum absolute atomic E-state index is 12.6. The first-order valence-corrected chi connectivity index (χ1v) is 8.34. The fraction of sp³-hybridized carbons (Fsp3) is 0.421. The van der Waals surface area contributed by atoms with E-state index in [2.05, 4.69) is 24.1 Å². The summed E-state index contributed by atoms with van der Waals surface area (Å²) in [5, 5.41) is 3.00. The second-order valence-electron chi connectivity index (χ2n) is 5.52. The molecule has 1 aromatic carbocycles. The van der Waals surface area contributed by atoms with E-state index in [1.807, 2.05) is 42.5 Å². The van der Waals surface area contributed by atoms with Gasteiger partial charge in [-0.2, -0.15) is 0 Å². The molecule has 0 radical (unpaired) electrons. The standard InChI is InChI=1S/C19H26N2O3/c1-4-21(5-2)16(17-12-9-13-24-17)14-20-19(22)18(23-3)15-10-7-6-8-11-15/h6-13,16,18H,4-5,14H2,1-3H3,(H,20,22). The zero-order valence-corrected chi connectivity index (χ0v) is 14.6. The number of benzene rings is 1. The molecule has 1 N–H and O–H groups in total. The molecule has 5 heteroatoms. The number of methoxy groups -OCH3 is 1. The molecule has 2 unspecified atom stereocenters. The average Bonchev–Trinajstić information content (AvgIpc) is 3.14. The molecule has 24 heavy (non-hydrogen) atoms. The van der Waals surface area contributed by atoms with E-state index in [1.165, 1.54) is 0 Å². The van der Waals surface area contributed by atoms with Crippen molar-refractivity contribution in [2.75, 3.05) is 26.7 Å². The first-order chi connectivity index (χ1) is 11.7. The summed E-state index contributed by atoms with van der Waals surface area (Å²) >= 11 is 0. The summed E-state index contributed by atoms with van der Waals surface area (Å²) in [5.74, 6) is 0.708. The Balaban J connectivity index is 2.06. The lowest BCUT2D eigenvalue weighted by Crippen LogP contribution is -2.39. The zero-order chi connectivity index (χ0) is 17.4. The Bertz CT molecular complexity index is 594. The molecule has 0 saturated carbocycles. The first-order valence-electron chi connectivity index (χ1n) is 8.34. The summed E-state index contributed by atoms with van der Waals surface area (Å²) < 4.78 is 10.9. The molecule has 5 nitrogen and oxygen atoms in total. The highest BCUT2D eigenvalue weighted by Crippen LogP contribution is 2.21. The van der Waals surface area contributed by atoms with Crippen molar-refractivity contribution < 1.29 is 13.9 Å². The van der Waals surface area contributed by atoms with Gasteiger partial charge in [0.25, 0.3) is 5.91 Å². The van der Waals surface area contributed by atoms with E-state index >= 15 is 0 Å². The molecule has 0 bridgehead atoms. The number of amides is 1. The molecule has 130 valence electrons. The third-order valence-electron chi connectivity index (χ3n) is 4.17. The summed E-state index contributed by atoms with van der Waals surface area (Å²) in [6.45, 7) is 6.43. The van der Waals surface area contributed by atoms with E-state index in [1.54, 1.807) is 13.4 Å². The SMILES string of the molecule is CCN(CC)C(CNC(=O)C(OC)c1ccccc1)c1ccco1. The Morgan fingerprint density at radius 2 is 1.88 bits per heavy atom. The molecule has 1 aromatic heterocycles. The summed E-state index contributed by atoms with van der Waals surface area (Å²) in [6.07, 6.45) is 1.05. The van der Waals surface area contributed by atoms with Crippen LogP contribution in [-0.2, 0) is 9.53 Å². The number of likely N-dealkylation sites (N-methyl/N-ethyl adjacent to an activating group) is 1. The van der Waals surface area contributed by atoms with Crippen molar-refractivity contribution in [3.63, 3.8) is 0 Å². The molecular formula is C19H26N2O3. The average molecular weight is 330 g/mol. The van der Waals surface area contributed by atoms with E-state index in [-0.39, 0.29) is 11.9 Å². The molecule has 1 amide bonds. The van der Waals surface area contributed by atoms with E-state index in [0.29, 0.717) is 6.54 Å². The molecule has 0 fully saturated rings. The lowest BCUT2D eigenvalue weighted by Gasteiger charge is -2.28. The van der Waals surface area contributed by atoms with Gasteiger partial charge >= 0.3 is 0 Å². The summed E-state index contributed by atoms with van der Waals surface area (Å²) in [5.41, 5.74) is 0.842. The summed E-state index contributed by atoms with van der Waals surface area (Å²) in [4.78, 5) is 14.8. The van der Waals surface area contributed by atoms with Gasteiger partial charge in [-0.1, -0.05) is 44.2 Å². The van der Waals surface area contributed by atoms with Crippen LogP contribution in [0.4, 0.5) is 0 Å². The van der Waals surface area contributed by atoms with Crippen LogP contribution in [0.5, 0.6) is 0 Å². The van der Waals surface area contributed by atoms with Crippen LogP contribution in [0.2, 0.25) is 0 Å². The smallest absolute Gasteiger partial charge is 0.253 e. The van der Waals surface area contributed by atoms with Gasteiger partial charge in [0.05, 0.1) is 12.3 Å². The number of carbonyl (C=O) groups excluding carboxylic acids is 1. The molecule has 2 atom stereocenters. The normalized spacial score (nSPS) is 13.7. The third kappa shape index (κ3) is 4.46. The summed E-state index contributed by atoms with van der Waals surface area (Å²) in [7, 11) is 1.55. The van der Waals surface area contributed by atoms with Gasteiger partial charge in [0.15, 0.2) is 6.10 Å². The second-order valence-corrected chi connectivity index (χ2v) is 5.52. The predicted octanol–water partition coefficient (Wildman–Crippen LogP) is 3.17. The van der Waals surface area contributed by atoms with Gasteiger partial charge in [-0.05, 0) is 30.8 Å². The van der Waals surface area contributed by atoms with Gasteiger partial charge in [-0.3, -0.25) is 9.69 Å². The minimum absolute atomic E-state index is 0.00669. The van der Waals surface area contributed by atoms with E-state index < -0.39 is 6.10 Å². The van der Waals surface area contributed by atoms with Crippen molar-refractivity contribution in [2.45, 2.75) is 26.0 Å². The number of furan rings is 1. The largest absolute Gasteiger partial charge is 0.468 e. The van der Waals surface area contributed by atoms with Gasteiger partial charge in [0, 0.05) is 13.7 Å². The fourth-order valence-electron chi connectivity index (χ4n) is 2.87. The van der Waals surface area contributed by atoms with Gasteiger partial charge in [0.1, 0.15) is 5.76 Å². The van der Waals surface area contributed by atoms with Crippen LogP contribution in [-0.4, -0.2) is 37.6 Å². The number of nitrogens with one attached hydrogen (secondary N) is 1. The van der Waals surface area contributed by atoms with Gasteiger partial charge in [-0.15, -0.1) is 0 Å². The molecule has 0 aliphatic heterocycles. The van der Waals surface area contributed by atoms with Crippen LogP contribution in [0.3, 0.4) is 0 Å². The number of ether oxygens (including phenoxy) is 1. The molecule has 2 rings (SSSR count). The maximum Gasteiger partial charge on any atom is 0.253 e. The lowest BCUT2D eigenvalue weighted by molar-refractivity contribution is -0.131. The van der Waals surface area contributed by atoms with Crippen molar-refractivity contribution >= 4 is 5.91 Å². The molecule has 0 aliphatic rings. The number of hydrogen-bond acceptors (Lipinski definition) is 4. The molecule has 2 aromatic rings. The maximum atomic E-state index is 12.6. The van der Waals surface area contributed by atoms with Gasteiger partial charge < -0.3 is 14.5 Å². The van der Waals surface area contributed by atoms with E-state index in [0.717, 1.165) is 24.4 Å². The first kappa shape index (κ1) is 18.2. The van der Waals surface area contributed by atoms with Crippen LogP contribution in [0.15, 0.2) is 53.1 Å². The minimum atomic E-state index is -0.611. The Kier molecular flexibility index (Phi) is 7.03. The Labute approximate surface area is 143 Å². The lowest BCUT2D eigenvalue weighted by atomic mass is 10.1. The topological polar surface area (TPSA) is 54.7 Å². The van der Waals surface area contributed by atoms with Crippen LogP contribution >= 0.6 is 0 Å². The fourth-order valence-corrected chi connectivity index (χ4v) is 2.87. The predicted molar refractivity (Wildman–Crippen MR) is 93.6 cm³/mol. The zero-order valence-electron chi connectivity index (χ0n) is 14.6. The number of nitrogens with zero attached hydrogens (tertiary/aromatic N) is 1. The van der Waals surface area contributed by atoms with Crippen molar-refractivity contribution in [1.82, 2.24) is 10.2 Å². The van der Waals surface area contributed by atoms with Crippen molar-refractivity contribution in [3.05, 3.63) is 60.1 Å². The minimum Gasteiger partial charge on any atom is -0.468 e. The van der Waals surface area contributed by atoms with Crippen molar-refractivity contribution in [2.24, 2.45) is 0 Å². The molecule has 0 aliphatic carbocycles. The van der Waals surface area contributed by atoms with Crippen LogP contribution in [0, 0.1) is 0 Å². The van der Waals surface area contributed by atoms with Crippen LogP contribution in [0.25, 0.3) is 0 Å². The number of carbonyl (C=O) groups is 1. The monoisotopic (exact) mass is 330 g/mol. The quantitative estimate of drug-likeness (QED) is 0.767. The molecular weight excluding hydrogens is 304 g/mol. The van der Waals surface area contributed by atoms with Crippen LogP contribution in [0.1, 0.15) is 37.3 Å². The van der Waals surface area contributed by atoms with E-state index in [9.17, 15) is 4.79 Å². The van der Waals surface area contributed by atoms with Gasteiger partial charge in [-0.25, -0.2) is 0 Å². The third-order valence-corrected chi connectivity index (χ3v) is 4.17. The highest BCUT2D eigenvalue weighted by atomic mass is 16.5. The second kappa shape index (κ2) is 9.25. The number of hydrogen-bond donors (Lipinski definition) is 1. The van der Waals surface area contributed by atoms with Gasteiger partial charge in [0.2, 0.25) is 0 Å². The van der Waals surface area contributed by atoms with Crippen molar-refractivity contribution in [3.8, 4) is 0 Å². The highest BCUT2D eigenvalue weighted by molar-refractivity contribution is 5.82. The summed E-state index contributed by atoms with van der Waals surface area (Å²) in [6, 6.07) is 13.3. The van der Waals surface area contributed by atoms with Crippen LogP contribution < -0.4 is 5.32 Å². The molecule has 1 heterocycles. The van der Waals surface area contributed by atoms with E-state index in [4.69, 9.17) is 9.15 Å². The highest BCUT2D eigenvalue weighted by Gasteiger charge is 2.24. The van der Waals surface area contributed by atoms with Crippen molar-refractivity contribution in [1.29, 1.82) is 0 Å². The Hall–Kier alpha value is -2.11.